The molecule has 0 spiro atoms. The van der Waals surface area contributed by atoms with Gasteiger partial charge in [0.05, 0.1) is 0 Å². The van der Waals surface area contributed by atoms with Crippen LogP contribution in [0.15, 0.2) is 0 Å². The van der Waals surface area contributed by atoms with Crippen molar-refractivity contribution < 1.29 is 18.8 Å². The molecule has 1 aliphatic rings. The Morgan fingerprint density at radius 2 is 2.30 bits per heavy atom. The van der Waals surface area contributed by atoms with Crippen molar-refractivity contribution >= 4 is 5.97 Å². The first-order valence-corrected chi connectivity index (χ1v) is 2.93. The van der Waals surface area contributed by atoms with Crippen LogP contribution in [0.3, 0.4) is 0 Å². The van der Waals surface area contributed by atoms with Crippen molar-refractivity contribution in [2.75, 3.05) is 6.54 Å². The monoisotopic (exact) mass is 151 g/mol. The Hall–Kier alpha value is -0.710. The molecule has 1 heterocycles. The first-order chi connectivity index (χ1) is 4.57. The lowest BCUT2D eigenvalue weighted by atomic mass is 10.2. The third kappa shape index (κ3) is 0.862. The Labute approximate surface area is 56.2 Å². The van der Waals surface area contributed by atoms with Crippen molar-refractivity contribution in [1.29, 1.82) is 0 Å². The SMILES string of the molecule is O=C(O)C1(F)CCCN1F. The summed E-state index contributed by atoms with van der Waals surface area (Å²) in [4.78, 5) is 10.1. The van der Waals surface area contributed by atoms with Crippen LogP contribution in [0.5, 0.6) is 0 Å². The topological polar surface area (TPSA) is 40.5 Å². The third-order valence-corrected chi connectivity index (χ3v) is 1.57. The summed E-state index contributed by atoms with van der Waals surface area (Å²) in [6.45, 7) is -0.136. The van der Waals surface area contributed by atoms with E-state index in [1.54, 1.807) is 0 Å². The van der Waals surface area contributed by atoms with Crippen LogP contribution in [0.1, 0.15) is 12.8 Å². The van der Waals surface area contributed by atoms with E-state index in [0.29, 0.717) is 0 Å². The second-order valence-electron chi connectivity index (χ2n) is 2.25. The molecule has 0 bridgehead atoms. The van der Waals surface area contributed by atoms with E-state index in [4.69, 9.17) is 5.11 Å². The highest BCUT2D eigenvalue weighted by Gasteiger charge is 2.49. The zero-order valence-electron chi connectivity index (χ0n) is 5.18. The molecule has 0 radical (unpaired) electrons. The molecule has 1 unspecified atom stereocenters. The second-order valence-corrected chi connectivity index (χ2v) is 2.25. The summed E-state index contributed by atoms with van der Waals surface area (Å²) in [5.74, 6) is -4.51. The van der Waals surface area contributed by atoms with Crippen LogP contribution in [0.25, 0.3) is 0 Å². The van der Waals surface area contributed by atoms with Crippen LogP contribution in [0, 0.1) is 0 Å². The van der Waals surface area contributed by atoms with Gasteiger partial charge in [-0.3, -0.25) is 0 Å². The Bertz CT molecular complexity index is 164. The number of hydrogen-bond acceptors (Lipinski definition) is 2. The van der Waals surface area contributed by atoms with Gasteiger partial charge in [0.15, 0.2) is 0 Å². The second kappa shape index (κ2) is 2.16. The number of rotatable bonds is 1. The van der Waals surface area contributed by atoms with E-state index in [2.05, 4.69) is 0 Å². The summed E-state index contributed by atoms with van der Waals surface area (Å²) in [5, 5.41) is 7.92. The largest absolute Gasteiger partial charge is 0.478 e. The molecule has 0 aromatic rings. The van der Waals surface area contributed by atoms with Gasteiger partial charge in [-0.15, -0.1) is 4.48 Å². The first-order valence-electron chi connectivity index (χ1n) is 2.93. The molecule has 1 saturated heterocycles. The molecule has 3 nitrogen and oxygen atoms in total. The standard InChI is InChI=1S/C5H7F2NO2/c6-5(4(9)10)2-1-3-8(5)7/h1-3H2,(H,9,10). The van der Waals surface area contributed by atoms with Crippen LogP contribution < -0.4 is 0 Å². The fraction of sp³-hybridized carbons (Fsp3) is 0.800. The van der Waals surface area contributed by atoms with E-state index in [0.717, 1.165) is 0 Å². The molecule has 10 heavy (non-hydrogen) atoms. The van der Waals surface area contributed by atoms with E-state index in [1.807, 2.05) is 0 Å². The number of alkyl halides is 1. The van der Waals surface area contributed by atoms with Crippen LogP contribution in [0.4, 0.5) is 8.87 Å². The van der Waals surface area contributed by atoms with E-state index < -0.39 is 11.8 Å². The molecule has 58 valence electrons. The molecular weight excluding hydrogens is 144 g/mol. The van der Waals surface area contributed by atoms with Gasteiger partial charge in [0.25, 0.3) is 5.79 Å². The minimum Gasteiger partial charge on any atom is -0.478 e. The maximum absolute atomic E-state index is 12.8. The van der Waals surface area contributed by atoms with Crippen LogP contribution in [0.2, 0.25) is 0 Å². The predicted molar refractivity (Wildman–Crippen MR) is 28.5 cm³/mol. The maximum atomic E-state index is 12.8. The molecule has 0 aromatic heterocycles. The number of halogens is 2. The number of hydrogen-bond donors (Lipinski definition) is 1. The van der Waals surface area contributed by atoms with Crippen molar-refractivity contribution in [1.82, 2.24) is 5.12 Å². The fourth-order valence-corrected chi connectivity index (χ4v) is 0.961. The van der Waals surface area contributed by atoms with Gasteiger partial charge < -0.3 is 5.11 Å². The molecule has 1 fully saturated rings. The average molecular weight is 151 g/mol. The molecule has 1 N–H and O–H groups in total. The lowest BCUT2D eigenvalue weighted by molar-refractivity contribution is -0.184. The Morgan fingerprint density at radius 3 is 2.50 bits per heavy atom. The average Bonchev–Trinajstić information content (AvgIpc) is 2.15. The lowest BCUT2D eigenvalue weighted by Gasteiger charge is -2.17. The van der Waals surface area contributed by atoms with Crippen molar-refractivity contribution in [2.45, 2.75) is 18.6 Å². The Morgan fingerprint density at radius 1 is 1.70 bits per heavy atom. The van der Waals surface area contributed by atoms with Gasteiger partial charge in [0, 0.05) is 13.0 Å². The van der Waals surface area contributed by atoms with Gasteiger partial charge in [-0.05, 0) is 6.42 Å². The number of aliphatic carboxylic acids is 1. The van der Waals surface area contributed by atoms with Gasteiger partial charge >= 0.3 is 5.97 Å². The van der Waals surface area contributed by atoms with E-state index in [-0.39, 0.29) is 24.5 Å². The Kier molecular flexibility index (Phi) is 1.60. The number of carboxylic acid groups (broad SMARTS) is 1. The van der Waals surface area contributed by atoms with Crippen LogP contribution in [-0.2, 0) is 4.79 Å². The van der Waals surface area contributed by atoms with Gasteiger partial charge in [-0.1, -0.05) is 5.12 Å². The zero-order valence-corrected chi connectivity index (χ0v) is 5.18. The molecule has 0 aromatic carbocycles. The number of carboxylic acids is 1. The van der Waals surface area contributed by atoms with Crippen LogP contribution in [-0.4, -0.2) is 28.5 Å². The summed E-state index contributed by atoms with van der Waals surface area (Å²) in [5.41, 5.74) is 0. The van der Waals surface area contributed by atoms with Gasteiger partial charge in [-0.25, -0.2) is 9.18 Å². The molecule has 1 aliphatic heterocycles. The summed E-state index contributed by atoms with van der Waals surface area (Å²) in [6.07, 6.45) is -0.0157. The highest BCUT2D eigenvalue weighted by Crippen LogP contribution is 2.30. The first kappa shape index (κ1) is 7.40. The number of carbonyl (C=O) groups is 1. The lowest BCUT2D eigenvalue weighted by Crippen LogP contribution is -2.41. The molecule has 5 heteroatoms. The summed E-state index contributed by atoms with van der Waals surface area (Å²) < 4.78 is 25.1. The molecular formula is C5H7F2NO2. The van der Waals surface area contributed by atoms with Crippen molar-refractivity contribution in [2.24, 2.45) is 0 Å². The van der Waals surface area contributed by atoms with Gasteiger partial charge in [-0.2, -0.15) is 0 Å². The summed E-state index contributed by atoms with van der Waals surface area (Å²) in [7, 11) is 0. The van der Waals surface area contributed by atoms with E-state index in [9.17, 15) is 13.7 Å². The van der Waals surface area contributed by atoms with Crippen LogP contribution >= 0.6 is 0 Å². The minimum atomic E-state index is -2.76. The molecule has 0 aliphatic carbocycles. The predicted octanol–water partition coefficient (Wildman–Crippen LogP) is 0.717. The number of nitrogens with zero attached hydrogens (tertiary/aromatic N) is 1. The summed E-state index contributed by atoms with van der Waals surface area (Å²) >= 11 is 0. The molecule has 1 atom stereocenters. The quantitative estimate of drug-likeness (QED) is 0.443. The smallest absolute Gasteiger partial charge is 0.359 e. The molecule has 1 rings (SSSR count). The maximum Gasteiger partial charge on any atom is 0.359 e. The fourth-order valence-electron chi connectivity index (χ4n) is 0.961. The molecule has 0 saturated carbocycles. The molecule has 0 amide bonds. The van der Waals surface area contributed by atoms with E-state index in [1.165, 1.54) is 0 Å². The highest BCUT2D eigenvalue weighted by molar-refractivity contribution is 5.76. The summed E-state index contributed by atoms with van der Waals surface area (Å²) in [6, 6.07) is 0. The Balaban J connectivity index is 2.75. The van der Waals surface area contributed by atoms with Crippen molar-refractivity contribution in [3.8, 4) is 0 Å². The van der Waals surface area contributed by atoms with Crippen molar-refractivity contribution in [3.63, 3.8) is 0 Å². The van der Waals surface area contributed by atoms with Crippen molar-refractivity contribution in [3.05, 3.63) is 0 Å². The van der Waals surface area contributed by atoms with Gasteiger partial charge in [0.1, 0.15) is 0 Å². The third-order valence-electron chi connectivity index (χ3n) is 1.57. The van der Waals surface area contributed by atoms with Gasteiger partial charge in [0.2, 0.25) is 0 Å². The minimum absolute atomic E-state index is 0.136. The van der Waals surface area contributed by atoms with E-state index >= 15 is 0 Å². The highest BCUT2D eigenvalue weighted by atomic mass is 19.2. The normalized spacial score (nSPS) is 34.6. The zero-order chi connectivity index (χ0) is 7.78.